The Hall–Kier alpha value is -1.71. The van der Waals surface area contributed by atoms with Gasteiger partial charge in [0.15, 0.2) is 0 Å². The molecule has 116 valence electrons. The van der Waals surface area contributed by atoms with E-state index >= 15 is 0 Å². The lowest BCUT2D eigenvalue weighted by Crippen LogP contribution is -2.33. The van der Waals surface area contributed by atoms with E-state index < -0.39 is 6.09 Å². The van der Waals surface area contributed by atoms with Gasteiger partial charge in [0.25, 0.3) is 0 Å². The first-order valence-corrected chi connectivity index (χ1v) is 7.89. The average Bonchev–Trinajstić information content (AvgIpc) is 2.45. The van der Waals surface area contributed by atoms with Gasteiger partial charge in [0.2, 0.25) is 0 Å². The molecule has 4 heteroatoms. The van der Waals surface area contributed by atoms with Crippen molar-refractivity contribution in [3.05, 3.63) is 24.3 Å². The molecule has 0 heterocycles. The first-order valence-electron chi connectivity index (χ1n) is 7.89. The molecule has 1 fully saturated rings. The summed E-state index contributed by atoms with van der Waals surface area (Å²) in [5, 5.41) is 6.32. The molecule has 1 aromatic rings. The van der Waals surface area contributed by atoms with Gasteiger partial charge in [-0.15, -0.1) is 0 Å². The lowest BCUT2D eigenvalue weighted by atomic mass is 9.80. The number of hydrogen-bond donors (Lipinski definition) is 2. The number of ether oxygens (including phenoxy) is 1. The van der Waals surface area contributed by atoms with Crippen molar-refractivity contribution in [1.82, 2.24) is 0 Å². The minimum absolute atomic E-state index is 0.378. The smallest absolute Gasteiger partial charge is 0.411 e. The highest BCUT2D eigenvalue weighted by molar-refractivity contribution is 5.84. The number of carbonyl (C=O) groups excluding carboxylic acids is 1. The summed E-state index contributed by atoms with van der Waals surface area (Å²) < 4.78 is 4.86. The van der Waals surface area contributed by atoms with Crippen LogP contribution in [-0.4, -0.2) is 18.7 Å². The minimum atomic E-state index is -0.409. The van der Waals surface area contributed by atoms with Crippen molar-refractivity contribution in [2.24, 2.45) is 11.8 Å². The topological polar surface area (TPSA) is 50.4 Å². The largest absolute Gasteiger partial charge is 0.450 e. The second-order valence-corrected chi connectivity index (χ2v) is 6.07. The number of nitrogens with one attached hydrogen (secondary N) is 2. The molecule has 4 nitrogen and oxygen atoms in total. The van der Waals surface area contributed by atoms with E-state index in [-0.39, 0.29) is 0 Å². The monoisotopic (exact) mass is 290 g/mol. The SMILES string of the molecule is CCOC(=O)Nc1ccc(NC2CC(C)CCC2C)cc1. The molecule has 3 unspecified atom stereocenters. The molecule has 0 bridgehead atoms. The van der Waals surface area contributed by atoms with E-state index in [0.29, 0.717) is 18.6 Å². The van der Waals surface area contributed by atoms with Crippen LogP contribution < -0.4 is 10.6 Å². The second kappa shape index (κ2) is 7.34. The minimum Gasteiger partial charge on any atom is -0.450 e. The van der Waals surface area contributed by atoms with Gasteiger partial charge >= 0.3 is 6.09 Å². The van der Waals surface area contributed by atoms with Crippen LogP contribution in [-0.2, 0) is 4.74 Å². The van der Waals surface area contributed by atoms with E-state index in [0.717, 1.165) is 17.3 Å². The Morgan fingerprint density at radius 1 is 1.19 bits per heavy atom. The van der Waals surface area contributed by atoms with Crippen LogP contribution >= 0.6 is 0 Å². The molecular formula is C17H26N2O2. The van der Waals surface area contributed by atoms with Gasteiger partial charge in [0.05, 0.1) is 6.61 Å². The lowest BCUT2D eigenvalue weighted by molar-refractivity contribution is 0.168. The third-order valence-electron chi connectivity index (χ3n) is 4.22. The molecule has 1 aliphatic carbocycles. The summed E-state index contributed by atoms with van der Waals surface area (Å²) >= 11 is 0. The van der Waals surface area contributed by atoms with Crippen molar-refractivity contribution < 1.29 is 9.53 Å². The predicted octanol–water partition coefficient (Wildman–Crippen LogP) is 4.49. The highest BCUT2D eigenvalue weighted by Gasteiger charge is 2.25. The molecule has 1 saturated carbocycles. The fourth-order valence-electron chi connectivity index (χ4n) is 2.88. The molecule has 0 saturated heterocycles. The van der Waals surface area contributed by atoms with E-state index in [1.54, 1.807) is 6.92 Å². The summed E-state index contributed by atoms with van der Waals surface area (Å²) in [6.45, 7) is 6.81. The van der Waals surface area contributed by atoms with E-state index in [9.17, 15) is 4.79 Å². The van der Waals surface area contributed by atoms with Crippen molar-refractivity contribution in [3.63, 3.8) is 0 Å². The van der Waals surface area contributed by atoms with Crippen LogP contribution in [0.25, 0.3) is 0 Å². The van der Waals surface area contributed by atoms with Crippen molar-refractivity contribution in [2.75, 3.05) is 17.2 Å². The summed E-state index contributed by atoms with van der Waals surface area (Å²) in [7, 11) is 0. The molecular weight excluding hydrogens is 264 g/mol. The Bertz CT molecular complexity index is 458. The Morgan fingerprint density at radius 3 is 2.52 bits per heavy atom. The molecule has 0 aromatic heterocycles. The number of anilines is 2. The number of benzene rings is 1. The number of rotatable bonds is 4. The fourth-order valence-corrected chi connectivity index (χ4v) is 2.88. The van der Waals surface area contributed by atoms with Crippen molar-refractivity contribution in [1.29, 1.82) is 0 Å². The fraction of sp³-hybridized carbons (Fsp3) is 0.588. The standard InChI is InChI=1S/C17H26N2O2/c1-4-21-17(20)19-15-9-7-14(8-10-15)18-16-11-12(2)5-6-13(16)3/h7-10,12-13,16,18H,4-6,11H2,1-3H3,(H,19,20). The van der Waals surface area contributed by atoms with Crippen LogP contribution in [0.1, 0.15) is 40.0 Å². The van der Waals surface area contributed by atoms with Gasteiger partial charge in [-0.3, -0.25) is 5.32 Å². The predicted molar refractivity (Wildman–Crippen MR) is 86.7 cm³/mol. The van der Waals surface area contributed by atoms with Crippen molar-refractivity contribution >= 4 is 17.5 Å². The van der Waals surface area contributed by atoms with Gasteiger partial charge in [-0.25, -0.2) is 4.79 Å². The second-order valence-electron chi connectivity index (χ2n) is 6.07. The van der Waals surface area contributed by atoms with Gasteiger partial charge in [-0.2, -0.15) is 0 Å². The maximum atomic E-state index is 11.3. The molecule has 0 aliphatic heterocycles. The number of amides is 1. The first kappa shape index (κ1) is 15.7. The number of carbonyl (C=O) groups is 1. The van der Waals surface area contributed by atoms with Gasteiger partial charge in [0, 0.05) is 17.4 Å². The Labute approximate surface area is 127 Å². The zero-order valence-electron chi connectivity index (χ0n) is 13.2. The zero-order valence-corrected chi connectivity index (χ0v) is 13.2. The molecule has 0 radical (unpaired) electrons. The molecule has 1 amide bonds. The quantitative estimate of drug-likeness (QED) is 0.859. The van der Waals surface area contributed by atoms with E-state index in [2.05, 4.69) is 24.5 Å². The Kier molecular flexibility index (Phi) is 5.48. The molecule has 3 atom stereocenters. The lowest BCUT2D eigenvalue weighted by Gasteiger charge is -2.34. The average molecular weight is 290 g/mol. The molecule has 0 spiro atoms. The third-order valence-corrected chi connectivity index (χ3v) is 4.22. The van der Waals surface area contributed by atoms with Gasteiger partial charge in [-0.05, 0) is 55.9 Å². The maximum absolute atomic E-state index is 11.3. The van der Waals surface area contributed by atoms with Crippen LogP contribution in [0.2, 0.25) is 0 Å². The summed E-state index contributed by atoms with van der Waals surface area (Å²) in [5.41, 5.74) is 1.86. The third kappa shape index (κ3) is 4.66. The Balaban J connectivity index is 1.91. The first-order chi connectivity index (χ1) is 10.1. The summed E-state index contributed by atoms with van der Waals surface area (Å²) in [5.74, 6) is 1.50. The van der Waals surface area contributed by atoms with Crippen molar-refractivity contribution in [2.45, 2.75) is 46.1 Å². The molecule has 2 rings (SSSR count). The summed E-state index contributed by atoms with van der Waals surface area (Å²) in [6, 6.07) is 8.35. The number of hydrogen-bond acceptors (Lipinski definition) is 3. The highest BCUT2D eigenvalue weighted by atomic mass is 16.5. The Morgan fingerprint density at radius 2 is 1.86 bits per heavy atom. The molecule has 1 aromatic carbocycles. The maximum Gasteiger partial charge on any atom is 0.411 e. The zero-order chi connectivity index (χ0) is 15.2. The van der Waals surface area contributed by atoms with E-state index in [1.165, 1.54) is 19.3 Å². The van der Waals surface area contributed by atoms with Crippen LogP contribution in [0.4, 0.5) is 16.2 Å². The van der Waals surface area contributed by atoms with Gasteiger partial charge < -0.3 is 10.1 Å². The molecule has 2 N–H and O–H groups in total. The summed E-state index contributed by atoms with van der Waals surface area (Å²) in [4.78, 5) is 11.3. The molecule has 21 heavy (non-hydrogen) atoms. The molecule has 1 aliphatic rings. The van der Waals surface area contributed by atoms with Crippen LogP contribution in [0, 0.1) is 11.8 Å². The normalized spacial score (nSPS) is 25.2. The summed E-state index contributed by atoms with van der Waals surface area (Å²) in [6.07, 6.45) is 3.44. The van der Waals surface area contributed by atoms with Crippen LogP contribution in [0.15, 0.2) is 24.3 Å². The van der Waals surface area contributed by atoms with Crippen LogP contribution in [0.3, 0.4) is 0 Å². The highest BCUT2D eigenvalue weighted by Crippen LogP contribution is 2.30. The van der Waals surface area contributed by atoms with E-state index in [4.69, 9.17) is 4.74 Å². The van der Waals surface area contributed by atoms with Gasteiger partial charge in [-0.1, -0.05) is 20.3 Å². The van der Waals surface area contributed by atoms with Crippen LogP contribution in [0.5, 0.6) is 0 Å². The van der Waals surface area contributed by atoms with Gasteiger partial charge in [0.1, 0.15) is 0 Å². The van der Waals surface area contributed by atoms with Crippen molar-refractivity contribution in [3.8, 4) is 0 Å². The van der Waals surface area contributed by atoms with E-state index in [1.807, 2.05) is 24.3 Å².